The topological polar surface area (TPSA) is 75.4 Å². The second kappa shape index (κ2) is 6.91. The molecule has 0 bridgehead atoms. The Balaban J connectivity index is 1.63. The molecular formula is C19H23N3O2. The van der Waals surface area contributed by atoms with Crippen LogP contribution >= 0.6 is 0 Å². The van der Waals surface area contributed by atoms with Gasteiger partial charge in [0.1, 0.15) is 6.04 Å². The van der Waals surface area contributed by atoms with Gasteiger partial charge in [-0.2, -0.15) is 0 Å². The van der Waals surface area contributed by atoms with Gasteiger partial charge >= 0.3 is 6.03 Å². The molecule has 1 aliphatic heterocycles. The summed E-state index contributed by atoms with van der Waals surface area (Å²) in [6.07, 6.45) is 2.25. The summed E-state index contributed by atoms with van der Waals surface area (Å²) in [6, 6.07) is 13.6. The molecule has 2 atom stereocenters. The lowest BCUT2D eigenvalue weighted by Gasteiger charge is -2.24. The van der Waals surface area contributed by atoms with Gasteiger partial charge in [0, 0.05) is 12.6 Å². The molecule has 1 heterocycles. The first-order chi connectivity index (χ1) is 11.5. The second-order valence-electron chi connectivity index (χ2n) is 6.48. The SMILES string of the molecule is C[C@H](Cc1ccc2ccccc2c1)NC(=O)[C@@H]1CCCN1C(N)=O. The summed E-state index contributed by atoms with van der Waals surface area (Å²) >= 11 is 0. The zero-order valence-electron chi connectivity index (χ0n) is 13.9. The quantitative estimate of drug-likeness (QED) is 0.906. The molecule has 126 valence electrons. The van der Waals surface area contributed by atoms with E-state index in [0.29, 0.717) is 13.0 Å². The number of nitrogens with one attached hydrogen (secondary N) is 1. The number of amides is 3. The Morgan fingerprint density at radius 2 is 2.00 bits per heavy atom. The molecule has 2 aromatic rings. The minimum atomic E-state index is -0.519. The van der Waals surface area contributed by atoms with E-state index in [9.17, 15) is 9.59 Å². The highest BCUT2D eigenvalue weighted by Crippen LogP contribution is 2.18. The summed E-state index contributed by atoms with van der Waals surface area (Å²) in [5.74, 6) is -0.111. The van der Waals surface area contributed by atoms with Crippen LogP contribution in [0.5, 0.6) is 0 Å². The molecule has 2 aromatic carbocycles. The van der Waals surface area contributed by atoms with E-state index in [1.54, 1.807) is 0 Å². The highest BCUT2D eigenvalue weighted by atomic mass is 16.2. The molecule has 1 saturated heterocycles. The van der Waals surface area contributed by atoms with E-state index < -0.39 is 12.1 Å². The number of primary amides is 1. The van der Waals surface area contributed by atoms with Crippen molar-refractivity contribution in [3.63, 3.8) is 0 Å². The van der Waals surface area contributed by atoms with Crippen LogP contribution < -0.4 is 11.1 Å². The van der Waals surface area contributed by atoms with Crippen LogP contribution in [0.25, 0.3) is 10.8 Å². The summed E-state index contributed by atoms with van der Waals surface area (Å²) < 4.78 is 0. The van der Waals surface area contributed by atoms with Crippen molar-refractivity contribution in [2.24, 2.45) is 5.73 Å². The lowest BCUT2D eigenvalue weighted by atomic mass is 10.0. The van der Waals surface area contributed by atoms with Gasteiger partial charge in [0.25, 0.3) is 0 Å². The maximum Gasteiger partial charge on any atom is 0.315 e. The van der Waals surface area contributed by atoms with Crippen molar-refractivity contribution in [1.82, 2.24) is 10.2 Å². The highest BCUT2D eigenvalue weighted by Gasteiger charge is 2.33. The van der Waals surface area contributed by atoms with Crippen molar-refractivity contribution in [2.45, 2.75) is 38.3 Å². The highest BCUT2D eigenvalue weighted by molar-refractivity contribution is 5.87. The van der Waals surface area contributed by atoms with Gasteiger partial charge in [-0.05, 0) is 42.5 Å². The lowest BCUT2D eigenvalue weighted by Crippen LogP contribution is -2.50. The van der Waals surface area contributed by atoms with Crippen LogP contribution in [0, 0.1) is 0 Å². The largest absolute Gasteiger partial charge is 0.352 e. The number of nitrogens with two attached hydrogens (primary N) is 1. The van der Waals surface area contributed by atoms with Crippen molar-refractivity contribution in [3.8, 4) is 0 Å². The minimum absolute atomic E-state index is 0.00557. The molecule has 24 heavy (non-hydrogen) atoms. The standard InChI is InChI=1S/C19H23N3O2/c1-13(21-18(23)17-7-4-10-22(17)19(20)24)11-14-8-9-15-5-2-3-6-16(15)12-14/h2-3,5-6,8-9,12-13,17H,4,7,10-11H2,1H3,(H2,20,24)(H,21,23)/t13-,17+/m1/s1. The number of carbonyl (C=O) groups is 2. The van der Waals surface area contributed by atoms with Crippen LogP contribution in [0.4, 0.5) is 4.79 Å². The van der Waals surface area contributed by atoms with Crippen LogP contribution in [0.15, 0.2) is 42.5 Å². The molecule has 0 radical (unpaired) electrons. The smallest absolute Gasteiger partial charge is 0.315 e. The predicted molar refractivity (Wildman–Crippen MR) is 94.6 cm³/mol. The predicted octanol–water partition coefficient (Wildman–Crippen LogP) is 2.43. The van der Waals surface area contributed by atoms with E-state index >= 15 is 0 Å². The van der Waals surface area contributed by atoms with Gasteiger partial charge in [0.2, 0.25) is 5.91 Å². The summed E-state index contributed by atoms with van der Waals surface area (Å²) in [5, 5.41) is 5.42. The number of rotatable bonds is 4. The number of benzene rings is 2. The third-order valence-electron chi connectivity index (χ3n) is 4.58. The van der Waals surface area contributed by atoms with Crippen LogP contribution in [0.2, 0.25) is 0 Å². The number of likely N-dealkylation sites (tertiary alicyclic amines) is 1. The number of urea groups is 1. The van der Waals surface area contributed by atoms with Gasteiger partial charge in [-0.3, -0.25) is 4.79 Å². The van der Waals surface area contributed by atoms with Gasteiger partial charge in [0.15, 0.2) is 0 Å². The van der Waals surface area contributed by atoms with Crippen molar-refractivity contribution in [3.05, 3.63) is 48.0 Å². The Morgan fingerprint density at radius 3 is 2.75 bits per heavy atom. The van der Waals surface area contributed by atoms with Gasteiger partial charge < -0.3 is 16.0 Å². The molecule has 5 nitrogen and oxygen atoms in total. The molecule has 3 N–H and O–H groups in total. The number of hydrogen-bond acceptors (Lipinski definition) is 2. The first kappa shape index (κ1) is 16.3. The Bertz CT molecular complexity index is 759. The fourth-order valence-electron chi connectivity index (χ4n) is 3.41. The zero-order valence-corrected chi connectivity index (χ0v) is 13.9. The average molecular weight is 325 g/mol. The zero-order chi connectivity index (χ0) is 17.1. The van der Waals surface area contributed by atoms with E-state index in [2.05, 4.69) is 35.6 Å². The van der Waals surface area contributed by atoms with Crippen LogP contribution in [-0.4, -0.2) is 35.5 Å². The molecule has 5 heteroatoms. The van der Waals surface area contributed by atoms with Crippen molar-refractivity contribution in [1.29, 1.82) is 0 Å². The Labute approximate surface area is 141 Å². The van der Waals surface area contributed by atoms with Gasteiger partial charge in [-0.1, -0.05) is 42.5 Å². The Hall–Kier alpha value is -2.56. The van der Waals surface area contributed by atoms with E-state index in [-0.39, 0.29) is 11.9 Å². The summed E-state index contributed by atoms with van der Waals surface area (Å²) in [6.45, 7) is 2.54. The van der Waals surface area contributed by atoms with Crippen LogP contribution in [-0.2, 0) is 11.2 Å². The molecular weight excluding hydrogens is 302 g/mol. The molecule has 0 aliphatic carbocycles. The van der Waals surface area contributed by atoms with Gasteiger partial charge in [-0.25, -0.2) is 4.79 Å². The Morgan fingerprint density at radius 1 is 1.25 bits per heavy atom. The summed E-state index contributed by atoms with van der Waals surface area (Å²) in [5.41, 5.74) is 6.52. The fraction of sp³-hybridized carbons (Fsp3) is 0.368. The van der Waals surface area contributed by atoms with Crippen molar-refractivity contribution in [2.75, 3.05) is 6.54 Å². The maximum absolute atomic E-state index is 12.4. The molecule has 0 spiro atoms. The van der Waals surface area contributed by atoms with Crippen molar-refractivity contribution < 1.29 is 9.59 Å². The molecule has 3 rings (SSSR count). The maximum atomic E-state index is 12.4. The number of nitrogens with zero attached hydrogens (tertiary/aromatic N) is 1. The molecule has 0 unspecified atom stereocenters. The summed E-state index contributed by atoms with van der Waals surface area (Å²) in [7, 11) is 0. The first-order valence-corrected chi connectivity index (χ1v) is 8.39. The first-order valence-electron chi connectivity index (χ1n) is 8.39. The van der Waals surface area contributed by atoms with Gasteiger partial charge in [0.05, 0.1) is 0 Å². The molecule has 1 fully saturated rings. The Kier molecular flexibility index (Phi) is 4.69. The number of carbonyl (C=O) groups excluding carboxylic acids is 2. The number of hydrogen-bond donors (Lipinski definition) is 2. The molecule has 0 aromatic heterocycles. The van der Waals surface area contributed by atoms with Crippen LogP contribution in [0.1, 0.15) is 25.3 Å². The van der Waals surface area contributed by atoms with Gasteiger partial charge in [-0.15, -0.1) is 0 Å². The molecule has 3 amide bonds. The fourth-order valence-corrected chi connectivity index (χ4v) is 3.41. The molecule has 1 aliphatic rings. The average Bonchev–Trinajstić information content (AvgIpc) is 3.04. The normalized spacial score (nSPS) is 18.5. The second-order valence-corrected chi connectivity index (χ2v) is 6.48. The number of fused-ring (bicyclic) bond motifs is 1. The molecule has 0 saturated carbocycles. The van der Waals surface area contributed by atoms with E-state index in [1.807, 2.05) is 19.1 Å². The lowest BCUT2D eigenvalue weighted by molar-refractivity contribution is -0.125. The van der Waals surface area contributed by atoms with E-state index in [0.717, 1.165) is 12.8 Å². The van der Waals surface area contributed by atoms with Crippen molar-refractivity contribution >= 4 is 22.7 Å². The van der Waals surface area contributed by atoms with E-state index in [4.69, 9.17) is 5.73 Å². The van der Waals surface area contributed by atoms with E-state index in [1.165, 1.54) is 21.2 Å². The summed E-state index contributed by atoms with van der Waals surface area (Å²) in [4.78, 5) is 25.3. The monoisotopic (exact) mass is 325 g/mol. The third kappa shape index (κ3) is 3.50. The minimum Gasteiger partial charge on any atom is -0.352 e. The third-order valence-corrected chi connectivity index (χ3v) is 4.58. The van der Waals surface area contributed by atoms with Crippen LogP contribution in [0.3, 0.4) is 0 Å².